The number of fused-ring (bicyclic) bond motifs is 1. The third-order valence-electron chi connectivity index (χ3n) is 4.83. The van der Waals surface area contributed by atoms with Crippen LogP contribution in [0.15, 0.2) is 58.5 Å². The second kappa shape index (κ2) is 6.86. The van der Waals surface area contributed by atoms with Crippen LogP contribution in [0.25, 0.3) is 5.52 Å². The molecular formula is C19H21FN4O2S. The smallest absolute Gasteiger partial charge is 0.210 e. The summed E-state index contributed by atoms with van der Waals surface area (Å²) in [6.07, 6.45) is 1.79. The number of sulfone groups is 1. The highest BCUT2D eigenvalue weighted by molar-refractivity contribution is 7.91. The highest BCUT2D eigenvalue weighted by Crippen LogP contribution is 2.35. The van der Waals surface area contributed by atoms with Crippen LogP contribution in [0.1, 0.15) is 0 Å². The van der Waals surface area contributed by atoms with Gasteiger partial charge in [0.25, 0.3) is 0 Å². The molecule has 1 saturated heterocycles. The van der Waals surface area contributed by atoms with Crippen LogP contribution in [0, 0.1) is 5.82 Å². The minimum absolute atomic E-state index is 0.0559. The molecule has 0 radical (unpaired) electrons. The van der Waals surface area contributed by atoms with E-state index in [0.717, 1.165) is 38.1 Å². The monoisotopic (exact) mass is 388 g/mol. The molecule has 8 heteroatoms. The fourth-order valence-electron chi connectivity index (χ4n) is 3.52. The van der Waals surface area contributed by atoms with E-state index in [9.17, 15) is 12.8 Å². The molecule has 0 spiro atoms. The molecule has 0 atom stereocenters. The van der Waals surface area contributed by atoms with Gasteiger partial charge in [0.1, 0.15) is 16.5 Å². The molecule has 27 heavy (non-hydrogen) atoms. The molecule has 2 N–H and O–H groups in total. The van der Waals surface area contributed by atoms with Crippen molar-refractivity contribution in [3.05, 3.63) is 54.5 Å². The highest BCUT2D eigenvalue weighted by Gasteiger charge is 2.27. The van der Waals surface area contributed by atoms with Crippen LogP contribution in [0.5, 0.6) is 0 Å². The van der Waals surface area contributed by atoms with Crippen LogP contribution in [-0.2, 0) is 9.84 Å². The van der Waals surface area contributed by atoms with Crippen molar-refractivity contribution in [2.75, 3.05) is 43.4 Å². The molecule has 3 heterocycles. The molecule has 0 bridgehead atoms. The number of pyridine rings is 1. The van der Waals surface area contributed by atoms with Gasteiger partial charge in [-0.25, -0.2) is 12.8 Å². The number of halogens is 1. The minimum atomic E-state index is -3.89. The molecule has 0 aliphatic carbocycles. The summed E-state index contributed by atoms with van der Waals surface area (Å²) < 4.78 is 42.1. The number of piperazine rings is 1. The van der Waals surface area contributed by atoms with Gasteiger partial charge in [-0.15, -0.1) is 0 Å². The van der Waals surface area contributed by atoms with E-state index in [0.29, 0.717) is 11.2 Å². The van der Waals surface area contributed by atoms with Gasteiger partial charge in [-0.3, -0.25) is 4.40 Å². The number of rotatable bonds is 4. The van der Waals surface area contributed by atoms with E-state index in [4.69, 9.17) is 0 Å². The summed E-state index contributed by atoms with van der Waals surface area (Å²) in [7, 11) is -2.20. The number of hydrogen-bond donors (Lipinski definition) is 2. The van der Waals surface area contributed by atoms with Gasteiger partial charge in [0, 0.05) is 39.4 Å². The first-order valence-electron chi connectivity index (χ1n) is 8.80. The SMILES string of the molecule is CNc1cn2c(N3CCNCC3)cccc2c1S(=O)(=O)c1cccc(F)c1. The van der Waals surface area contributed by atoms with Crippen LogP contribution in [0.2, 0.25) is 0 Å². The topological polar surface area (TPSA) is 65.8 Å². The van der Waals surface area contributed by atoms with E-state index < -0.39 is 15.7 Å². The molecule has 0 amide bonds. The normalized spacial score (nSPS) is 15.3. The number of hydrogen-bond acceptors (Lipinski definition) is 5. The molecular weight excluding hydrogens is 367 g/mol. The number of nitrogens with one attached hydrogen (secondary N) is 2. The molecule has 0 saturated carbocycles. The number of benzene rings is 1. The van der Waals surface area contributed by atoms with Crippen molar-refractivity contribution in [2.45, 2.75) is 9.79 Å². The molecule has 1 aliphatic heterocycles. The molecule has 4 rings (SSSR count). The summed E-state index contributed by atoms with van der Waals surface area (Å²) in [6, 6.07) is 10.7. The fourth-order valence-corrected chi connectivity index (χ4v) is 5.17. The zero-order valence-electron chi connectivity index (χ0n) is 14.9. The predicted molar refractivity (Wildman–Crippen MR) is 104 cm³/mol. The molecule has 1 aliphatic rings. The highest BCUT2D eigenvalue weighted by atomic mass is 32.2. The third-order valence-corrected chi connectivity index (χ3v) is 6.67. The molecule has 0 unspecified atom stereocenters. The molecule has 6 nitrogen and oxygen atoms in total. The first-order chi connectivity index (χ1) is 13.0. The maximum Gasteiger partial charge on any atom is 0.210 e. The number of anilines is 2. The second-order valence-corrected chi connectivity index (χ2v) is 8.35. The van der Waals surface area contributed by atoms with Gasteiger partial charge in [-0.05, 0) is 30.3 Å². The van der Waals surface area contributed by atoms with Gasteiger partial charge in [0.05, 0.1) is 16.1 Å². The van der Waals surface area contributed by atoms with Gasteiger partial charge in [-0.1, -0.05) is 12.1 Å². The zero-order chi connectivity index (χ0) is 19.0. The molecule has 2 aromatic heterocycles. The summed E-state index contributed by atoms with van der Waals surface area (Å²) in [6.45, 7) is 3.45. The Labute approximate surface area is 157 Å². The lowest BCUT2D eigenvalue weighted by Crippen LogP contribution is -2.44. The van der Waals surface area contributed by atoms with Crippen LogP contribution in [0.4, 0.5) is 15.9 Å². The lowest BCUT2D eigenvalue weighted by Gasteiger charge is -2.30. The van der Waals surface area contributed by atoms with Gasteiger partial charge in [0.15, 0.2) is 0 Å². The Morgan fingerprint density at radius 2 is 1.85 bits per heavy atom. The summed E-state index contributed by atoms with van der Waals surface area (Å²) >= 11 is 0. The van der Waals surface area contributed by atoms with E-state index in [2.05, 4.69) is 15.5 Å². The zero-order valence-corrected chi connectivity index (χ0v) is 15.8. The van der Waals surface area contributed by atoms with Crippen LogP contribution in [-0.4, -0.2) is 46.0 Å². The van der Waals surface area contributed by atoms with Crippen molar-refractivity contribution in [3.8, 4) is 0 Å². The van der Waals surface area contributed by atoms with Gasteiger partial charge in [0.2, 0.25) is 9.84 Å². The van der Waals surface area contributed by atoms with Gasteiger partial charge < -0.3 is 15.5 Å². The summed E-state index contributed by atoms with van der Waals surface area (Å²) in [4.78, 5) is 2.33. The summed E-state index contributed by atoms with van der Waals surface area (Å²) in [5, 5.41) is 6.30. The van der Waals surface area contributed by atoms with Crippen molar-refractivity contribution >= 4 is 26.9 Å². The van der Waals surface area contributed by atoms with Crippen molar-refractivity contribution < 1.29 is 12.8 Å². The van der Waals surface area contributed by atoms with E-state index >= 15 is 0 Å². The summed E-state index contributed by atoms with van der Waals surface area (Å²) in [5.41, 5.74) is 1.06. The van der Waals surface area contributed by atoms with Gasteiger partial charge >= 0.3 is 0 Å². The quantitative estimate of drug-likeness (QED) is 0.718. The minimum Gasteiger partial charge on any atom is -0.386 e. The first kappa shape index (κ1) is 17.8. The average Bonchev–Trinajstić information content (AvgIpc) is 3.08. The average molecular weight is 388 g/mol. The van der Waals surface area contributed by atoms with E-state index in [1.165, 1.54) is 18.2 Å². The molecule has 142 valence electrons. The Hall–Kier alpha value is -2.58. The molecule has 1 fully saturated rings. The van der Waals surface area contributed by atoms with Crippen molar-refractivity contribution in [1.82, 2.24) is 9.72 Å². The van der Waals surface area contributed by atoms with Crippen molar-refractivity contribution in [3.63, 3.8) is 0 Å². The number of nitrogens with zero attached hydrogens (tertiary/aromatic N) is 2. The first-order valence-corrected chi connectivity index (χ1v) is 10.3. The van der Waals surface area contributed by atoms with E-state index in [-0.39, 0.29) is 9.79 Å². The maximum absolute atomic E-state index is 13.6. The Kier molecular flexibility index (Phi) is 4.53. The number of aromatic nitrogens is 1. The second-order valence-electron chi connectivity index (χ2n) is 6.46. The Morgan fingerprint density at radius 1 is 1.11 bits per heavy atom. The van der Waals surface area contributed by atoms with Crippen LogP contribution in [0.3, 0.4) is 0 Å². The Balaban J connectivity index is 1.93. The predicted octanol–water partition coefficient (Wildman–Crippen LogP) is 2.36. The largest absolute Gasteiger partial charge is 0.386 e. The standard InChI is InChI=1S/C19H21FN4O2S/c1-21-16-13-24-17(6-3-7-18(24)23-10-8-22-9-11-23)19(16)27(25,26)15-5-2-4-14(20)12-15/h2-7,12-13,21-22H,8-11H2,1H3. The van der Waals surface area contributed by atoms with Crippen LogP contribution >= 0.6 is 0 Å². The maximum atomic E-state index is 13.6. The Bertz CT molecular complexity index is 1090. The Morgan fingerprint density at radius 3 is 2.56 bits per heavy atom. The summed E-state index contributed by atoms with van der Waals surface area (Å²) in [5.74, 6) is 0.360. The van der Waals surface area contributed by atoms with Gasteiger partial charge in [-0.2, -0.15) is 0 Å². The third kappa shape index (κ3) is 3.04. The van der Waals surface area contributed by atoms with Crippen LogP contribution < -0.4 is 15.5 Å². The lowest BCUT2D eigenvalue weighted by atomic mass is 10.3. The van der Waals surface area contributed by atoms with Crippen molar-refractivity contribution in [2.24, 2.45) is 0 Å². The fraction of sp³-hybridized carbons (Fsp3) is 0.263. The van der Waals surface area contributed by atoms with E-state index in [1.807, 2.05) is 16.5 Å². The van der Waals surface area contributed by atoms with Crippen molar-refractivity contribution in [1.29, 1.82) is 0 Å². The molecule has 3 aromatic rings. The van der Waals surface area contributed by atoms with E-state index in [1.54, 1.807) is 19.3 Å². The molecule has 1 aromatic carbocycles. The lowest BCUT2D eigenvalue weighted by molar-refractivity contribution is 0.583.